The lowest BCUT2D eigenvalue weighted by atomic mass is 9.96. The number of rotatable bonds is 8. The molecule has 0 bridgehead atoms. The smallest absolute Gasteiger partial charge is 0.0624 e. The molecular weight excluding hydrogens is 242 g/mol. The quantitative estimate of drug-likeness (QED) is 0.711. The second-order valence-electron chi connectivity index (χ2n) is 6.67. The van der Waals surface area contributed by atoms with Crippen LogP contribution in [0.15, 0.2) is 0 Å². The Bertz CT molecular complexity index is 272. The number of thioether (sulfide) groups is 1. The second kappa shape index (κ2) is 5.72. The molecule has 1 unspecified atom stereocenters. The Kier molecular flexibility index (Phi) is 4.21. The SMILES string of the molecule is OCC(CSCC1CCCC1)(NC1CC1)C1CC1. The van der Waals surface area contributed by atoms with Gasteiger partial charge in [-0.2, -0.15) is 11.8 Å². The fourth-order valence-corrected chi connectivity index (χ4v) is 4.91. The highest BCUT2D eigenvalue weighted by Gasteiger charge is 2.47. The van der Waals surface area contributed by atoms with E-state index in [1.54, 1.807) is 0 Å². The first kappa shape index (κ1) is 13.3. The number of hydrogen-bond donors (Lipinski definition) is 2. The largest absolute Gasteiger partial charge is 0.394 e. The Morgan fingerprint density at radius 1 is 1.06 bits per heavy atom. The van der Waals surface area contributed by atoms with E-state index in [4.69, 9.17) is 0 Å². The van der Waals surface area contributed by atoms with Gasteiger partial charge in [0.2, 0.25) is 0 Å². The minimum absolute atomic E-state index is 0.0600. The van der Waals surface area contributed by atoms with Gasteiger partial charge in [0.1, 0.15) is 0 Å². The normalized spacial score (nSPS) is 28.5. The third-order valence-electron chi connectivity index (χ3n) is 4.90. The van der Waals surface area contributed by atoms with Gasteiger partial charge in [-0.05, 0) is 56.1 Å². The molecule has 0 saturated heterocycles. The molecule has 104 valence electrons. The molecule has 0 aromatic rings. The van der Waals surface area contributed by atoms with Crippen LogP contribution in [0.5, 0.6) is 0 Å². The predicted molar refractivity (Wildman–Crippen MR) is 78.0 cm³/mol. The first-order valence-electron chi connectivity index (χ1n) is 7.79. The minimum atomic E-state index is 0.0600. The second-order valence-corrected chi connectivity index (χ2v) is 7.70. The average Bonchev–Trinajstić information content (AvgIpc) is 3.29. The summed E-state index contributed by atoms with van der Waals surface area (Å²) in [6.07, 6.45) is 11.1. The third kappa shape index (κ3) is 3.23. The topological polar surface area (TPSA) is 32.3 Å². The molecule has 1 atom stereocenters. The molecule has 0 radical (unpaired) electrons. The summed E-state index contributed by atoms with van der Waals surface area (Å²) in [6, 6.07) is 0.713. The summed E-state index contributed by atoms with van der Waals surface area (Å²) in [4.78, 5) is 0. The van der Waals surface area contributed by atoms with E-state index in [1.807, 2.05) is 0 Å². The fraction of sp³-hybridized carbons (Fsp3) is 1.00. The van der Waals surface area contributed by atoms with Crippen molar-refractivity contribution >= 4 is 11.8 Å². The van der Waals surface area contributed by atoms with E-state index < -0.39 is 0 Å². The number of aliphatic hydroxyl groups is 1. The minimum Gasteiger partial charge on any atom is -0.394 e. The van der Waals surface area contributed by atoms with E-state index in [9.17, 15) is 5.11 Å². The molecule has 0 amide bonds. The van der Waals surface area contributed by atoms with Gasteiger partial charge in [-0.25, -0.2) is 0 Å². The van der Waals surface area contributed by atoms with Crippen molar-refractivity contribution in [2.75, 3.05) is 18.1 Å². The van der Waals surface area contributed by atoms with Crippen LogP contribution in [-0.2, 0) is 0 Å². The summed E-state index contributed by atoms with van der Waals surface area (Å²) in [6.45, 7) is 0.339. The summed E-state index contributed by atoms with van der Waals surface area (Å²) in [7, 11) is 0. The predicted octanol–water partition coefficient (Wildman–Crippen LogP) is 2.80. The van der Waals surface area contributed by atoms with Crippen LogP contribution in [-0.4, -0.2) is 34.8 Å². The Hall–Kier alpha value is 0.270. The Morgan fingerprint density at radius 3 is 2.33 bits per heavy atom. The Balaban J connectivity index is 1.48. The zero-order valence-corrected chi connectivity index (χ0v) is 12.2. The molecule has 3 rings (SSSR count). The van der Waals surface area contributed by atoms with E-state index in [-0.39, 0.29) is 5.54 Å². The van der Waals surface area contributed by atoms with E-state index in [0.29, 0.717) is 12.6 Å². The van der Waals surface area contributed by atoms with Gasteiger partial charge in [-0.15, -0.1) is 0 Å². The van der Waals surface area contributed by atoms with Crippen molar-refractivity contribution < 1.29 is 5.11 Å². The first-order chi connectivity index (χ1) is 8.82. The molecule has 2 nitrogen and oxygen atoms in total. The number of nitrogens with one attached hydrogen (secondary N) is 1. The summed E-state index contributed by atoms with van der Waals surface area (Å²) in [5.41, 5.74) is 0.0600. The molecule has 3 saturated carbocycles. The summed E-state index contributed by atoms with van der Waals surface area (Å²) in [5, 5.41) is 13.7. The van der Waals surface area contributed by atoms with Crippen LogP contribution in [0, 0.1) is 11.8 Å². The van der Waals surface area contributed by atoms with Gasteiger partial charge < -0.3 is 10.4 Å². The lowest BCUT2D eigenvalue weighted by Crippen LogP contribution is -2.54. The highest BCUT2D eigenvalue weighted by Crippen LogP contribution is 2.43. The highest BCUT2D eigenvalue weighted by molar-refractivity contribution is 7.99. The monoisotopic (exact) mass is 269 g/mol. The van der Waals surface area contributed by atoms with Crippen LogP contribution in [0.1, 0.15) is 51.4 Å². The van der Waals surface area contributed by atoms with Crippen molar-refractivity contribution in [1.82, 2.24) is 5.32 Å². The van der Waals surface area contributed by atoms with Crippen molar-refractivity contribution in [3.05, 3.63) is 0 Å². The lowest BCUT2D eigenvalue weighted by Gasteiger charge is -2.34. The molecule has 3 aliphatic carbocycles. The van der Waals surface area contributed by atoms with Crippen molar-refractivity contribution in [2.45, 2.75) is 62.9 Å². The van der Waals surface area contributed by atoms with Gasteiger partial charge in [-0.1, -0.05) is 12.8 Å². The van der Waals surface area contributed by atoms with Gasteiger partial charge in [0.25, 0.3) is 0 Å². The van der Waals surface area contributed by atoms with Gasteiger partial charge in [0, 0.05) is 11.8 Å². The molecule has 0 heterocycles. The van der Waals surface area contributed by atoms with E-state index >= 15 is 0 Å². The van der Waals surface area contributed by atoms with Crippen LogP contribution in [0.25, 0.3) is 0 Å². The van der Waals surface area contributed by atoms with Crippen molar-refractivity contribution in [3.63, 3.8) is 0 Å². The zero-order chi connectivity index (χ0) is 12.4. The Labute approximate surface area is 115 Å². The van der Waals surface area contributed by atoms with Crippen molar-refractivity contribution in [2.24, 2.45) is 11.8 Å². The molecule has 3 aliphatic rings. The molecule has 0 aromatic carbocycles. The van der Waals surface area contributed by atoms with Crippen LogP contribution in [0.3, 0.4) is 0 Å². The van der Waals surface area contributed by atoms with E-state index in [2.05, 4.69) is 17.1 Å². The summed E-state index contributed by atoms with van der Waals surface area (Å²) in [5.74, 6) is 4.16. The Morgan fingerprint density at radius 2 is 1.78 bits per heavy atom. The maximum atomic E-state index is 9.88. The molecular formula is C15H27NOS. The standard InChI is InChI=1S/C15H27NOS/c17-10-15(13-5-6-13,16-14-7-8-14)11-18-9-12-3-1-2-4-12/h12-14,16-17H,1-11H2. The van der Waals surface area contributed by atoms with Gasteiger partial charge >= 0.3 is 0 Å². The van der Waals surface area contributed by atoms with Crippen LogP contribution in [0.2, 0.25) is 0 Å². The van der Waals surface area contributed by atoms with Crippen molar-refractivity contribution in [3.8, 4) is 0 Å². The maximum Gasteiger partial charge on any atom is 0.0624 e. The van der Waals surface area contributed by atoms with Gasteiger partial charge in [-0.3, -0.25) is 0 Å². The number of hydrogen-bond acceptors (Lipinski definition) is 3. The molecule has 18 heavy (non-hydrogen) atoms. The van der Waals surface area contributed by atoms with Gasteiger partial charge in [0.05, 0.1) is 12.1 Å². The fourth-order valence-electron chi connectivity index (χ4n) is 3.35. The average molecular weight is 269 g/mol. The lowest BCUT2D eigenvalue weighted by molar-refractivity contribution is 0.157. The third-order valence-corrected chi connectivity index (χ3v) is 6.32. The van der Waals surface area contributed by atoms with E-state index in [0.717, 1.165) is 17.6 Å². The maximum absolute atomic E-state index is 9.88. The van der Waals surface area contributed by atoms with Crippen LogP contribution < -0.4 is 5.32 Å². The molecule has 2 N–H and O–H groups in total. The zero-order valence-electron chi connectivity index (χ0n) is 11.4. The molecule has 0 aliphatic heterocycles. The first-order valence-corrected chi connectivity index (χ1v) is 8.94. The summed E-state index contributed by atoms with van der Waals surface area (Å²) >= 11 is 2.10. The number of aliphatic hydroxyl groups excluding tert-OH is 1. The highest BCUT2D eigenvalue weighted by atomic mass is 32.2. The molecule has 0 aromatic heterocycles. The van der Waals surface area contributed by atoms with Gasteiger partial charge in [0.15, 0.2) is 0 Å². The summed E-state index contributed by atoms with van der Waals surface area (Å²) < 4.78 is 0. The van der Waals surface area contributed by atoms with Crippen molar-refractivity contribution in [1.29, 1.82) is 0 Å². The van der Waals surface area contributed by atoms with Crippen LogP contribution in [0.4, 0.5) is 0 Å². The van der Waals surface area contributed by atoms with Crippen LogP contribution >= 0.6 is 11.8 Å². The molecule has 3 heteroatoms. The molecule has 0 spiro atoms. The molecule has 3 fully saturated rings. The van der Waals surface area contributed by atoms with E-state index in [1.165, 1.54) is 57.1 Å².